The number of para-hydroxylation sites is 1. The van der Waals surface area contributed by atoms with E-state index in [0.29, 0.717) is 16.2 Å². The molecule has 0 aliphatic heterocycles. The average molecular weight is 290 g/mol. The van der Waals surface area contributed by atoms with Crippen molar-refractivity contribution in [3.8, 4) is 5.75 Å². The quantitative estimate of drug-likeness (QED) is 0.871. The van der Waals surface area contributed by atoms with Gasteiger partial charge in [0.2, 0.25) is 0 Å². The van der Waals surface area contributed by atoms with E-state index >= 15 is 0 Å². The summed E-state index contributed by atoms with van der Waals surface area (Å²) in [6.07, 6.45) is -4.42. The van der Waals surface area contributed by atoms with E-state index in [0.717, 1.165) is 0 Å². The third-order valence-electron chi connectivity index (χ3n) is 2.65. The highest BCUT2D eigenvalue weighted by Crippen LogP contribution is 2.18. The molecular formula is C13H17F3N2O2. The van der Waals surface area contributed by atoms with Crippen LogP contribution in [0.4, 0.5) is 13.2 Å². The van der Waals surface area contributed by atoms with Crippen molar-refractivity contribution in [1.29, 1.82) is 0 Å². The van der Waals surface area contributed by atoms with Gasteiger partial charge in [-0.3, -0.25) is 4.79 Å². The number of nitrogens with zero attached hydrogens (tertiary/aromatic N) is 1. The number of amides is 1. The number of alkyl halides is 3. The molecule has 0 heterocycles. The molecule has 0 aliphatic rings. The van der Waals surface area contributed by atoms with E-state index in [1.807, 2.05) is 0 Å². The second-order valence-corrected chi connectivity index (χ2v) is 4.12. The SMILES string of the molecule is CCN(CC(F)(F)F)C(=O)COc1ccccc1CN. The molecule has 0 saturated carbocycles. The van der Waals surface area contributed by atoms with Gasteiger partial charge in [-0.15, -0.1) is 0 Å². The number of hydrogen-bond donors (Lipinski definition) is 1. The van der Waals surface area contributed by atoms with Crippen LogP contribution in [0.2, 0.25) is 0 Å². The van der Waals surface area contributed by atoms with Gasteiger partial charge < -0.3 is 15.4 Å². The van der Waals surface area contributed by atoms with Gasteiger partial charge in [-0.05, 0) is 13.0 Å². The van der Waals surface area contributed by atoms with Crippen molar-refractivity contribution in [2.45, 2.75) is 19.6 Å². The lowest BCUT2D eigenvalue weighted by Gasteiger charge is -2.22. The second-order valence-electron chi connectivity index (χ2n) is 4.12. The van der Waals surface area contributed by atoms with Crippen molar-refractivity contribution in [3.63, 3.8) is 0 Å². The summed E-state index contributed by atoms with van der Waals surface area (Å²) in [7, 11) is 0. The van der Waals surface area contributed by atoms with Crippen LogP contribution >= 0.6 is 0 Å². The Labute approximate surface area is 115 Å². The van der Waals surface area contributed by atoms with Gasteiger partial charge in [-0.25, -0.2) is 0 Å². The van der Waals surface area contributed by atoms with Gasteiger partial charge in [-0.2, -0.15) is 13.2 Å². The fourth-order valence-corrected chi connectivity index (χ4v) is 1.64. The topological polar surface area (TPSA) is 55.6 Å². The van der Waals surface area contributed by atoms with Gasteiger partial charge >= 0.3 is 6.18 Å². The Morgan fingerprint density at radius 3 is 2.55 bits per heavy atom. The zero-order valence-electron chi connectivity index (χ0n) is 11.1. The van der Waals surface area contributed by atoms with E-state index in [9.17, 15) is 18.0 Å². The Hall–Kier alpha value is -1.76. The Kier molecular flexibility index (Phi) is 5.82. The number of benzene rings is 1. The van der Waals surface area contributed by atoms with Gasteiger partial charge in [0.05, 0.1) is 0 Å². The van der Waals surface area contributed by atoms with E-state index in [1.165, 1.54) is 6.92 Å². The van der Waals surface area contributed by atoms with Crippen molar-refractivity contribution >= 4 is 5.91 Å². The molecule has 112 valence electrons. The zero-order valence-corrected chi connectivity index (χ0v) is 11.1. The summed E-state index contributed by atoms with van der Waals surface area (Å²) in [6, 6.07) is 6.81. The van der Waals surface area contributed by atoms with Gasteiger partial charge in [0.25, 0.3) is 5.91 Å². The maximum Gasteiger partial charge on any atom is 0.406 e. The molecular weight excluding hydrogens is 273 g/mol. The molecule has 7 heteroatoms. The van der Waals surface area contributed by atoms with Crippen LogP contribution in [0.3, 0.4) is 0 Å². The minimum atomic E-state index is -4.42. The van der Waals surface area contributed by atoms with Gasteiger partial charge in [-0.1, -0.05) is 18.2 Å². The normalized spacial score (nSPS) is 11.2. The van der Waals surface area contributed by atoms with Gasteiger partial charge in [0.15, 0.2) is 6.61 Å². The molecule has 0 atom stereocenters. The molecule has 20 heavy (non-hydrogen) atoms. The summed E-state index contributed by atoms with van der Waals surface area (Å²) in [4.78, 5) is 12.4. The number of likely N-dealkylation sites (N-methyl/N-ethyl adjacent to an activating group) is 1. The number of carbonyl (C=O) groups excluding carboxylic acids is 1. The predicted molar refractivity (Wildman–Crippen MR) is 68.1 cm³/mol. The monoisotopic (exact) mass is 290 g/mol. The Balaban J connectivity index is 2.61. The molecule has 0 spiro atoms. The van der Waals surface area contributed by atoms with Crippen LogP contribution in [0.1, 0.15) is 12.5 Å². The Morgan fingerprint density at radius 1 is 1.35 bits per heavy atom. The minimum Gasteiger partial charge on any atom is -0.483 e. The summed E-state index contributed by atoms with van der Waals surface area (Å²) in [5.41, 5.74) is 6.20. The predicted octanol–water partition coefficient (Wildman–Crippen LogP) is 1.93. The number of halogens is 3. The molecule has 1 aromatic carbocycles. The average Bonchev–Trinajstić information content (AvgIpc) is 2.41. The molecule has 4 nitrogen and oxygen atoms in total. The lowest BCUT2D eigenvalue weighted by atomic mass is 10.2. The van der Waals surface area contributed by atoms with E-state index in [2.05, 4.69) is 0 Å². The lowest BCUT2D eigenvalue weighted by Crippen LogP contribution is -2.41. The number of carbonyl (C=O) groups is 1. The molecule has 0 fully saturated rings. The van der Waals surface area contributed by atoms with E-state index in [4.69, 9.17) is 10.5 Å². The van der Waals surface area contributed by atoms with Crippen molar-refractivity contribution in [2.24, 2.45) is 5.73 Å². The van der Waals surface area contributed by atoms with Crippen LogP contribution in [0.15, 0.2) is 24.3 Å². The number of hydrogen-bond acceptors (Lipinski definition) is 3. The zero-order chi connectivity index (χ0) is 15.2. The number of nitrogens with two attached hydrogens (primary N) is 1. The summed E-state index contributed by atoms with van der Waals surface area (Å²) in [6.45, 7) is -0.0344. The van der Waals surface area contributed by atoms with Gasteiger partial charge in [0, 0.05) is 18.7 Å². The van der Waals surface area contributed by atoms with Crippen LogP contribution in [-0.4, -0.2) is 36.7 Å². The molecule has 0 unspecified atom stereocenters. The third-order valence-corrected chi connectivity index (χ3v) is 2.65. The van der Waals surface area contributed by atoms with Crippen LogP contribution in [0, 0.1) is 0 Å². The van der Waals surface area contributed by atoms with Crippen molar-refractivity contribution < 1.29 is 22.7 Å². The molecule has 0 saturated heterocycles. The van der Waals surface area contributed by atoms with E-state index < -0.39 is 25.2 Å². The standard InChI is InChI=1S/C13H17F3N2O2/c1-2-18(9-13(14,15)16)12(19)8-20-11-6-4-3-5-10(11)7-17/h3-6H,2,7-9,17H2,1H3. The van der Waals surface area contributed by atoms with Crippen molar-refractivity contribution in [3.05, 3.63) is 29.8 Å². The Bertz CT molecular complexity index is 449. The van der Waals surface area contributed by atoms with Crippen LogP contribution in [0.25, 0.3) is 0 Å². The summed E-state index contributed by atoms with van der Waals surface area (Å²) >= 11 is 0. The third kappa shape index (κ3) is 5.08. The van der Waals surface area contributed by atoms with Crippen LogP contribution < -0.4 is 10.5 Å². The van der Waals surface area contributed by atoms with Crippen molar-refractivity contribution in [1.82, 2.24) is 4.90 Å². The largest absolute Gasteiger partial charge is 0.483 e. The molecule has 0 aliphatic carbocycles. The highest BCUT2D eigenvalue weighted by molar-refractivity contribution is 5.77. The fourth-order valence-electron chi connectivity index (χ4n) is 1.64. The fraction of sp³-hybridized carbons (Fsp3) is 0.462. The minimum absolute atomic E-state index is 0.0275. The second kappa shape index (κ2) is 7.14. The summed E-state index contributed by atoms with van der Waals surface area (Å²) < 4.78 is 42.1. The summed E-state index contributed by atoms with van der Waals surface area (Å²) in [5.74, 6) is -0.303. The summed E-state index contributed by atoms with van der Waals surface area (Å²) in [5, 5.41) is 0. The first-order valence-electron chi connectivity index (χ1n) is 6.12. The first kappa shape index (κ1) is 16.3. The molecule has 0 radical (unpaired) electrons. The highest BCUT2D eigenvalue weighted by atomic mass is 19.4. The molecule has 0 aromatic heterocycles. The molecule has 1 aromatic rings. The molecule has 1 rings (SSSR count). The van der Waals surface area contributed by atoms with Crippen molar-refractivity contribution in [2.75, 3.05) is 19.7 Å². The maximum absolute atomic E-state index is 12.3. The molecule has 0 bridgehead atoms. The smallest absolute Gasteiger partial charge is 0.406 e. The molecule has 1 amide bonds. The lowest BCUT2D eigenvalue weighted by molar-refractivity contribution is -0.161. The van der Waals surface area contributed by atoms with Gasteiger partial charge in [0.1, 0.15) is 12.3 Å². The first-order valence-corrected chi connectivity index (χ1v) is 6.12. The van der Waals surface area contributed by atoms with Crippen LogP contribution in [-0.2, 0) is 11.3 Å². The maximum atomic E-state index is 12.3. The number of ether oxygens (including phenoxy) is 1. The van der Waals surface area contributed by atoms with Crippen LogP contribution in [0.5, 0.6) is 5.75 Å². The highest BCUT2D eigenvalue weighted by Gasteiger charge is 2.32. The van der Waals surface area contributed by atoms with E-state index in [1.54, 1.807) is 24.3 Å². The number of rotatable bonds is 6. The first-order chi connectivity index (χ1) is 9.37. The Morgan fingerprint density at radius 2 is 2.00 bits per heavy atom. The van der Waals surface area contributed by atoms with E-state index in [-0.39, 0.29) is 13.1 Å². The molecule has 2 N–H and O–H groups in total.